The van der Waals surface area contributed by atoms with E-state index in [1.165, 1.54) is 0 Å². The molecule has 0 saturated carbocycles. The van der Waals surface area contributed by atoms with Gasteiger partial charge in [0.25, 0.3) is 0 Å². The van der Waals surface area contributed by atoms with Gasteiger partial charge < -0.3 is 9.84 Å². The number of benzene rings is 2. The van der Waals surface area contributed by atoms with Crippen LogP contribution in [0, 0.1) is 5.92 Å². The molecule has 21 heavy (non-hydrogen) atoms. The van der Waals surface area contributed by atoms with Crippen molar-refractivity contribution >= 4 is 17.6 Å². The van der Waals surface area contributed by atoms with Crippen molar-refractivity contribution in [1.82, 2.24) is 0 Å². The molecule has 0 aliphatic rings. The summed E-state index contributed by atoms with van der Waals surface area (Å²) in [6.07, 6.45) is 0.851. The van der Waals surface area contributed by atoms with Gasteiger partial charge in [-0.05, 0) is 42.2 Å². The second kappa shape index (κ2) is 7.14. The van der Waals surface area contributed by atoms with Crippen molar-refractivity contribution in [2.45, 2.75) is 12.8 Å². The molecule has 2 rings (SSSR count). The molecule has 0 fully saturated rings. The Labute approximate surface area is 129 Å². The van der Waals surface area contributed by atoms with E-state index in [4.69, 9.17) is 16.3 Å². The molecule has 0 amide bonds. The predicted molar refractivity (Wildman–Crippen MR) is 83.0 cm³/mol. The minimum absolute atomic E-state index is 0.409. The fourth-order valence-corrected chi connectivity index (χ4v) is 2.47. The summed E-state index contributed by atoms with van der Waals surface area (Å²) in [6.45, 7) is 0. The number of ether oxygens (including phenoxy) is 1. The molecule has 1 atom stereocenters. The van der Waals surface area contributed by atoms with Crippen LogP contribution in [0.15, 0.2) is 48.5 Å². The van der Waals surface area contributed by atoms with Gasteiger partial charge in [0.2, 0.25) is 0 Å². The molecule has 0 spiro atoms. The van der Waals surface area contributed by atoms with Crippen molar-refractivity contribution in [3.8, 4) is 5.75 Å². The zero-order valence-corrected chi connectivity index (χ0v) is 12.5. The van der Waals surface area contributed by atoms with Crippen LogP contribution in [-0.2, 0) is 17.6 Å². The number of halogens is 1. The van der Waals surface area contributed by atoms with Crippen LogP contribution < -0.4 is 4.74 Å². The van der Waals surface area contributed by atoms with Gasteiger partial charge in [-0.15, -0.1) is 0 Å². The van der Waals surface area contributed by atoms with E-state index in [2.05, 4.69) is 0 Å². The van der Waals surface area contributed by atoms with Crippen LogP contribution in [0.1, 0.15) is 11.1 Å². The number of carboxylic acids is 1. The molecule has 0 aliphatic heterocycles. The van der Waals surface area contributed by atoms with E-state index in [0.29, 0.717) is 17.9 Å². The van der Waals surface area contributed by atoms with Crippen molar-refractivity contribution in [1.29, 1.82) is 0 Å². The van der Waals surface area contributed by atoms with Crippen molar-refractivity contribution in [3.05, 3.63) is 64.7 Å². The summed E-state index contributed by atoms with van der Waals surface area (Å²) in [6, 6.07) is 14.8. The van der Waals surface area contributed by atoms with Crippen molar-refractivity contribution < 1.29 is 14.6 Å². The topological polar surface area (TPSA) is 46.5 Å². The fraction of sp³-hybridized carbons (Fsp3) is 0.235. The zero-order chi connectivity index (χ0) is 15.2. The molecule has 4 heteroatoms. The summed E-state index contributed by atoms with van der Waals surface area (Å²) in [5, 5.41) is 10.0. The Balaban J connectivity index is 2.16. The van der Waals surface area contributed by atoms with Gasteiger partial charge in [-0.1, -0.05) is 41.9 Å². The van der Waals surface area contributed by atoms with Crippen molar-refractivity contribution in [3.63, 3.8) is 0 Å². The van der Waals surface area contributed by atoms with Gasteiger partial charge in [-0.3, -0.25) is 4.79 Å². The molecule has 0 bridgehead atoms. The maximum atomic E-state index is 11.5. The first-order valence-electron chi connectivity index (χ1n) is 6.69. The standard InChI is InChI=1S/C17H17ClO3/c1-21-15-7-4-5-12(10-15)9-14(17(19)20)11-13-6-2-3-8-16(13)18/h2-8,10,14H,9,11H2,1H3,(H,19,20). The van der Waals surface area contributed by atoms with Gasteiger partial charge in [0.15, 0.2) is 0 Å². The third-order valence-corrected chi connectivity index (χ3v) is 3.76. The Bertz CT molecular complexity index is 625. The zero-order valence-electron chi connectivity index (χ0n) is 11.8. The number of carboxylic acid groups (broad SMARTS) is 1. The Hall–Kier alpha value is -2.00. The molecule has 3 nitrogen and oxygen atoms in total. The number of methoxy groups -OCH3 is 1. The lowest BCUT2D eigenvalue weighted by Crippen LogP contribution is -2.19. The highest BCUT2D eigenvalue weighted by atomic mass is 35.5. The minimum Gasteiger partial charge on any atom is -0.497 e. The highest BCUT2D eigenvalue weighted by Crippen LogP contribution is 2.22. The Morgan fingerprint density at radius 3 is 2.62 bits per heavy atom. The monoisotopic (exact) mass is 304 g/mol. The number of hydrogen-bond donors (Lipinski definition) is 1. The third-order valence-electron chi connectivity index (χ3n) is 3.39. The summed E-state index contributed by atoms with van der Waals surface area (Å²) in [7, 11) is 1.59. The average molecular weight is 305 g/mol. The van der Waals surface area contributed by atoms with E-state index in [9.17, 15) is 9.90 Å². The highest BCUT2D eigenvalue weighted by Gasteiger charge is 2.20. The van der Waals surface area contributed by atoms with Crippen LogP contribution in [-0.4, -0.2) is 18.2 Å². The predicted octanol–water partition coefficient (Wildman–Crippen LogP) is 3.83. The molecule has 0 aromatic heterocycles. The Morgan fingerprint density at radius 1 is 1.19 bits per heavy atom. The minimum atomic E-state index is -0.822. The SMILES string of the molecule is COc1cccc(CC(Cc2ccccc2Cl)C(=O)O)c1. The summed E-state index contributed by atoms with van der Waals surface area (Å²) < 4.78 is 5.17. The van der Waals surface area contributed by atoms with Gasteiger partial charge in [0.1, 0.15) is 5.75 Å². The second-order valence-corrected chi connectivity index (χ2v) is 5.29. The molecular weight excluding hydrogens is 288 g/mol. The highest BCUT2D eigenvalue weighted by molar-refractivity contribution is 6.31. The third kappa shape index (κ3) is 4.23. The van der Waals surface area contributed by atoms with E-state index in [1.54, 1.807) is 13.2 Å². The van der Waals surface area contributed by atoms with Crippen molar-refractivity contribution in [2.75, 3.05) is 7.11 Å². The van der Waals surface area contributed by atoms with Crippen molar-refractivity contribution in [2.24, 2.45) is 5.92 Å². The van der Waals surface area contributed by atoms with E-state index in [0.717, 1.165) is 16.9 Å². The molecule has 2 aromatic rings. The van der Waals surface area contributed by atoms with Crippen LogP contribution in [0.3, 0.4) is 0 Å². The maximum absolute atomic E-state index is 11.5. The summed E-state index contributed by atoms with van der Waals surface area (Å²) in [5.41, 5.74) is 1.79. The molecule has 0 radical (unpaired) electrons. The smallest absolute Gasteiger partial charge is 0.307 e. The number of carbonyl (C=O) groups is 1. The van der Waals surface area contributed by atoms with E-state index < -0.39 is 11.9 Å². The van der Waals surface area contributed by atoms with Gasteiger partial charge in [0, 0.05) is 5.02 Å². The van der Waals surface area contributed by atoms with E-state index in [1.807, 2.05) is 42.5 Å². The quantitative estimate of drug-likeness (QED) is 0.882. The largest absolute Gasteiger partial charge is 0.497 e. The summed E-state index contributed by atoms with van der Waals surface area (Å²) in [4.78, 5) is 11.5. The molecule has 0 saturated heterocycles. The lowest BCUT2D eigenvalue weighted by Gasteiger charge is -2.14. The molecule has 0 heterocycles. The van der Waals surface area contributed by atoms with E-state index >= 15 is 0 Å². The molecule has 0 aliphatic carbocycles. The Morgan fingerprint density at radius 2 is 1.95 bits per heavy atom. The van der Waals surface area contributed by atoms with Gasteiger partial charge >= 0.3 is 5.97 Å². The maximum Gasteiger partial charge on any atom is 0.307 e. The van der Waals surface area contributed by atoms with E-state index in [-0.39, 0.29) is 0 Å². The van der Waals surface area contributed by atoms with Gasteiger partial charge in [-0.2, -0.15) is 0 Å². The lowest BCUT2D eigenvalue weighted by atomic mass is 9.92. The fourth-order valence-electron chi connectivity index (χ4n) is 2.26. The lowest BCUT2D eigenvalue weighted by molar-refractivity contribution is -0.141. The second-order valence-electron chi connectivity index (χ2n) is 4.89. The first kappa shape index (κ1) is 15.4. The molecular formula is C17H17ClO3. The average Bonchev–Trinajstić information content (AvgIpc) is 2.49. The molecule has 1 unspecified atom stereocenters. The molecule has 1 N–H and O–H groups in total. The van der Waals surface area contributed by atoms with Gasteiger partial charge in [0.05, 0.1) is 13.0 Å². The Kier molecular flexibility index (Phi) is 5.23. The van der Waals surface area contributed by atoms with Crippen LogP contribution >= 0.6 is 11.6 Å². The number of hydrogen-bond acceptors (Lipinski definition) is 2. The van der Waals surface area contributed by atoms with Gasteiger partial charge in [-0.25, -0.2) is 0 Å². The summed E-state index contributed by atoms with van der Waals surface area (Å²) >= 11 is 6.11. The van der Waals surface area contributed by atoms with Crippen LogP contribution in [0.2, 0.25) is 5.02 Å². The normalized spacial score (nSPS) is 11.9. The van der Waals surface area contributed by atoms with Crippen LogP contribution in [0.5, 0.6) is 5.75 Å². The number of aliphatic carboxylic acids is 1. The molecule has 110 valence electrons. The first-order valence-corrected chi connectivity index (χ1v) is 7.07. The number of rotatable bonds is 6. The van der Waals surface area contributed by atoms with Crippen LogP contribution in [0.25, 0.3) is 0 Å². The molecule has 2 aromatic carbocycles. The first-order chi connectivity index (χ1) is 10.1. The summed E-state index contributed by atoms with van der Waals surface area (Å²) in [5.74, 6) is -0.607. The van der Waals surface area contributed by atoms with Crippen LogP contribution in [0.4, 0.5) is 0 Å².